The Labute approximate surface area is 181 Å². The van der Waals surface area contributed by atoms with Crippen LogP contribution in [-0.4, -0.2) is 98.2 Å². The normalized spacial score (nSPS) is 13.9. The quantitative estimate of drug-likeness (QED) is 0.317. The zero-order valence-corrected chi connectivity index (χ0v) is 18.2. The fourth-order valence-corrected chi connectivity index (χ4v) is 2.66. The van der Waals surface area contributed by atoms with Crippen molar-refractivity contribution in [2.45, 2.75) is 19.4 Å². The maximum Gasteiger partial charge on any atom is 0.323 e. The molecule has 1 aliphatic heterocycles. The summed E-state index contributed by atoms with van der Waals surface area (Å²) in [6.07, 6.45) is 0. The number of carbonyl (C=O) groups excluding carboxylic acids is 2. The lowest BCUT2D eigenvalue weighted by atomic mass is 10.0. The van der Waals surface area contributed by atoms with Crippen molar-refractivity contribution in [2.75, 3.05) is 59.8 Å². The summed E-state index contributed by atoms with van der Waals surface area (Å²) in [6, 6.07) is 6.57. The van der Waals surface area contributed by atoms with Gasteiger partial charge in [0.2, 0.25) is 0 Å². The van der Waals surface area contributed by atoms with E-state index < -0.39 is 23.3 Å². The molecular weight excluding hydrogens is 408 g/mol. The van der Waals surface area contributed by atoms with E-state index in [9.17, 15) is 14.4 Å². The summed E-state index contributed by atoms with van der Waals surface area (Å²) in [4.78, 5) is 42.3. The van der Waals surface area contributed by atoms with Crippen LogP contribution in [0.5, 0.6) is 0 Å². The van der Waals surface area contributed by atoms with Gasteiger partial charge >= 0.3 is 5.97 Å². The van der Waals surface area contributed by atoms with E-state index in [0.29, 0.717) is 50.7 Å². The van der Waals surface area contributed by atoms with Crippen LogP contribution < -0.4 is 0 Å². The Morgan fingerprint density at radius 3 is 1.84 bits per heavy atom. The van der Waals surface area contributed by atoms with Crippen molar-refractivity contribution in [3.63, 3.8) is 0 Å². The summed E-state index contributed by atoms with van der Waals surface area (Å²) >= 11 is 0. The summed E-state index contributed by atoms with van der Waals surface area (Å²) in [7, 11) is 1.74. The molecule has 0 saturated heterocycles. The summed E-state index contributed by atoms with van der Waals surface area (Å²) in [6.45, 7) is 5.94. The minimum atomic E-state index is -0.944. The Morgan fingerprint density at radius 1 is 0.903 bits per heavy atom. The molecule has 0 aromatic heterocycles. The molecule has 0 unspecified atom stereocenters. The molecular formula is C21H30N2O8. The van der Waals surface area contributed by atoms with E-state index in [2.05, 4.69) is 0 Å². The molecule has 1 heterocycles. The van der Waals surface area contributed by atoms with Crippen LogP contribution in [0.15, 0.2) is 24.3 Å². The van der Waals surface area contributed by atoms with E-state index in [4.69, 9.17) is 24.2 Å². The monoisotopic (exact) mass is 438 g/mol. The number of nitrogens with zero attached hydrogens (tertiary/aromatic N) is 2. The van der Waals surface area contributed by atoms with Gasteiger partial charge < -0.3 is 19.3 Å². The molecule has 0 fully saturated rings. The molecule has 0 radical (unpaired) electrons. The molecule has 0 spiro atoms. The number of aliphatic carboxylic acids is 1. The summed E-state index contributed by atoms with van der Waals surface area (Å²) in [5.41, 5.74) is -0.275. The number of hydrogen-bond acceptors (Lipinski definition) is 8. The van der Waals surface area contributed by atoms with Crippen molar-refractivity contribution in [2.24, 2.45) is 0 Å². The van der Waals surface area contributed by atoms with Crippen molar-refractivity contribution in [1.82, 2.24) is 9.96 Å². The molecule has 10 heteroatoms. The van der Waals surface area contributed by atoms with E-state index in [1.807, 2.05) is 0 Å². The van der Waals surface area contributed by atoms with Crippen molar-refractivity contribution < 1.29 is 38.5 Å². The van der Waals surface area contributed by atoms with Crippen LogP contribution in [-0.2, 0) is 23.8 Å². The van der Waals surface area contributed by atoms with Crippen LogP contribution >= 0.6 is 0 Å². The van der Waals surface area contributed by atoms with Crippen LogP contribution in [0.1, 0.15) is 34.6 Å². The molecule has 0 atom stereocenters. The first-order valence-corrected chi connectivity index (χ1v) is 10.1. The van der Waals surface area contributed by atoms with Crippen molar-refractivity contribution in [3.05, 3.63) is 35.4 Å². The molecule has 10 nitrogen and oxygen atoms in total. The molecule has 1 aliphatic rings. The average molecular weight is 438 g/mol. The molecule has 0 bridgehead atoms. The maximum absolute atomic E-state index is 12.1. The third kappa shape index (κ3) is 6.81. The number of hydrogen-bond donors (Lipinski definition) is 1. The van der Waals surface area contributed by atoms with Crippen molar-refractivity contribution >= 4 is 17.8 Å². The van der Waals surface area contributed by atoms with Gasteiger partial charge in [-0.25, -0.2) is 0 Å². The van der Waals surface area contributed by atoms with E-state index in [1.165, 1.54) is 0 Å². The maximum atomic E-state index is 12.1. The summed E-state index contributed by atoms with van der Waals surface area (Å²) in [5.74, 6) is -1.82. The number of ether oxygens (including phenoxy) is 3. The fourth-order valence-electron chi connectivity index (χ4n) is 2.66. The van der Waals surface area contributed by atoms with Crippen LogP contribution in [0.25, 0.3) is 0 Å². The Kier molecular flexibility index (Phi) is 9.53. The second-order valence-corrected chi connectivity index (χ2v) is 7.41. The average Bonchev–Trinajstić information content (AvgIpc) is 2.99. The highest BCUT2D eigenvalue weighted by atomic mass is 16.7. The predicted molar refractivity (Wildman–Crippen MR) is 110 cm³/mol. The van der Waals surface area contributed by atoms with E-state index in [0.717, 1.165) is 5.06 Å². The molecule has 1 aromatic carbocycles. The van der Waals surface area contributed by atoms with E-state index in [-0.39, 0.29) is 13.2 Å². The molecule has 1 N–H and O–H groups in total. The highest BCUT2D eigenvalue weighted by Gasteiger charge is 2.36. The Balaban J connectivity index is 1.44. The molecule has 2 rings (SSSR count). The molecule has 172 valence electrons. The third-order valence-electron chi connectivity index (χ3n) is 5.00. The van der Waals surface area contributed by atoms with Gasteiger partial charge in [-0.2, -0.15) is 0 Å². The number of carbonyl (C=O) groups is 3. The van der Waals surface area contributed by atoms with E-state index >= 15 is 0 Å². The second kappa shape index (κ2) is 11.9. The number of likely N-dealkylation sites (N-methyl/N-ethyl adjacent to an activating group) is 1. The first-order chi connectivity index (χ1) is 14.8. The van der Waals surface area contributed by atoms with Gasteiger partial charge in [-0.3, -0.25) is 24.1 Å². The zero-order chi connectivity index (χ0) is 22.9. The van der Waals surface area contributed by atoms with Crippen LogP contribution in [0.2, 0.25) is 0 Å². The second-order valence-electron chi connectivity index (χ2n) is 7.41. The lowest BCUT2D eigenvalue weighted by Crippen LogP contribution is -2.49. The number of hydroxylamine groups is 2. The minimum Gasteiger partial charge on any atom is -0.480 e. The number of amides is 2. The lowest BCUT2D eigenvalue weighted by molar-refractivity contribution is -0.148. The molecule has 1 aromatic rings. The van der Waals surface area contributed by atoms with Gasteiger partial charge in [-0.05, 0) is 33.0 Å². The Bertz CT molecular complexity index is 733. The number of carboxylic acid groups (broad SMARTS) is 1. The van der Waals surface area contributed by atoms with Gasteiger partial charge in [0.25, 0.3) is 11.8 Å². The standard InChI is InChI=1S/C21H30N2O8/c1-21(2,20(26)27)22(3)8-9-28-10-11-29-12-13-30-14-15-31-23-18(24)16-6-4-5-7-17(16)19(23)25/h4-7H,8-15H2,1-3H3,(H,26,27). The molecule has 31 heavy (non-hydrogen) atoms. The van der Waals surface area contributed by atoms with Gasteiger partial charge in [0.15, 0.2) is 0 Å². The van der Waals surface area contributed by atoms with Gasteiger partial charge in [-0.15, -0.1) is 5.06 Å². The lowest BCUT2D eigenvalue weighted by Gasteiger charge is -2.31. The smallest absolute Gasteiger partial charge is 0.323 e. The zero-order valence-electron chi connectivity index (χ0n) is 18.2. The van der Waals surface area contributed by atoms with Crippen LogP contribution in [0.3, 0.4) is 0 Å². The molecule has 2 amide bonds. The molecule has 0 saturated carbocycles. The summed E-state index contributed by atoms with van der Waals surface area (Å²) < 4.78 is 16.2. The topological polar surface area (TPSA) is 115 Å². The van der Waals surface area contributed by atoms with Gasteiger partial charge in [0.1, 0.15) is 5.54 Å². The number of fused-ring (bicyclic) bond motifs is 1. The summed E-state index contributed by atoms with van der Waals surface area (Å²) in [5, 5.41) is 9.91. The van der Waals surface area contributed by atoms with Crippen LogP contribution in [0, 0.1) is 0 Å². The van der Waals surface area contributed by atoms with Gasteiger partial charge in [0.05, 0.1) is 57.4 Å². The van der Waals surface area contributed by atoms with Gasteiger partial charge in [0, 0.05) is 6.54 Å². The minimum absolute atomic E-state index is 0.0643. The highest BCUT2D eigenvalue weighted by Crippen LogP contribution is 2.22. The van der Waals surface area contributed by atoms with Crippen molar-refractivity contribution in [3.8, 4) is 0 Å². The van der Waals surface area contributed by atoms with Crippen LogP contribution in [0.4, 0.5) is 0 Å². The number of carboxylic acids is 1. The predicted octanol–water partition coefficient (Wildman–Crippen LogP) is 1.06. The third-order valence-corrected chi connectivity index (χ3v) is 5.00. The van der Waals surface area contributed by atoms with Gasteiger partial charge in [-0.1, -0.05) is 12.1 Å². The fraction of sp³-hybridized carbons (Fsp3) is 0.571. The highest BCUT2D eigenvalue weighted by molar-refractivity contribution is 6.20. The van der Waals surface area contributed by atoms with Crippen molar-refractivity contribution in [1.29, 1.82) is 0 Å². The number of imide groups is 1. The SMILES string of the molecule is CN(CCOCCOCCOCCON1C(=O)c2ccccc2C1=O)C(C)(C)C(=O)O. The Hall–Kier alpha value is -2.37. The number of benzene rings is 1. The first-order valence-electron chi connectivity index (χ1n) is 10.1. The number of rotatable bonds is 15. The molecule has 0 aliphatic carbocycles. The van der Waals surface area contributed by atoms with E-state index in [1.54, 1.807) is 50.1 Å². The first kappa shape index (κ1) is 24.9. The Morgan fingerprint density at radius 2 is 1.35 bits per heavy atom. The largest absolute Gasteiger partial charge is 0.480 e.